The van der Waals surface area contributed by atoms with Crippen LogP contribution in [-0.4, -0.2) is 34.1 Å². The molecule has 0 radical (unpaired) electrons. The SMILES string of the molecule is CC(C)(C)OC(=O)COc1cnn(CC(F)(F)F)c(=O)c1Cl. The van der Waals surface area contributed by atoms with Gasteiger partial charge in [-0.05, 0) is 20.8 Å². The lowest BCUT2D eigenvalue weighted by molar-refractivity contribution is -0.157. The molecule has 124 valence electrons. The maximum absolute atomic E-state index is 12.2. The molecule has 0 unspecified atom stereocenters. The standard InChI is InChI=1S/C12H14ClF3N2O4/c1-11(2,3)22-8(19)5-21-7-4-17-18(6-12(14,15)16)10(20)9(7)13/h4H,5-6H2,1-3H3. The third-order valence-electron chi connectivity index (χ3n) is 2.05. The van der Waals surface area contributed by atoms with E-state index in [9.17, 15) is 22.8 Å². The summed E-state index contributed by atoms with van der Waals surface area (Å²) in [4.78, 5) is 23.1. The number of ether oxygens (including phenoxy) is 2. The first-order valence-electron chi connectivity index (χ1n) is 6.06. The molecule has 0 spiro atoms. The van der Waals surface area contributed by atoms with Gasteiger partial charge in [0, 0.05) is 0 Å². The van der Waals surface area contributed by atoms with E-state index in [1.54, 1.807) is 20.8 Å². The van der Waals surface area contributed by atoms with Gasteiger partial charge in [0.05, 0.1) is 6.20 Å². The Hall–Kier alpha value is -1.77. The number of alkyl halides is 3. The van der Waals surface area contributed by atoms with E-state index in [1.165, 1.54) is 0 Å². The average Bonchev–Trinajstić information content (AvgIpc) is 2.30. The molecule has 0 bridgehead atoms. The van der Waals surface area contributed by atoms with Crippen LogP contribution in [0.2, 0.25) is 5.02 Å². The van der Waals surface area contributed by atoms with Crippen molar-refractivity contribution >= 4 is 17.6 Å². The Morgan fingerprint density at radius 2 is 1.95 bits per heavy atom. The van der Waals surface area contributed by atoms with E-state index in [1.807, 2.05) is 0 Å². The molecule has 0 aromatic carbocycles. The predicted molar refractivity (Wildman–Crippen MR) is 70.9 cm³/mol. The highest BCUT2D eigenvalue weighted by atomic mass is 35.5. The van der Waals surface area contributed by atoms with Crippen molar-refractivity contribution in [1.29, 1.82) is 0 Å². The van der Waals surface area contributed by atoms with Gasteiger partial charge in [0.25, 0.3) is 5.56 Å². The number of nitrogens with zero attached hydrogens (tertiary/aromatic N) is 2. The number of hydrogen-bond acceptors (Lipinski definition) is 5. The Balaban J connectivity index is 2.80. The van der Waals surface area contributed by atoms with Gasteiger partial charge in [0.1, 0.15) is 12.1 Å². The number of esters is 1. The molecule has 10 heteroatoms. The van der Waals surface area contributed by atoms with Crippen molar-refractivity contribution in [3.8, 4) is 5.75 Å². The summed E-state index contributed by atoms with van der Waals surface area (Å²) >= 11 is 5.63. The van der Waals surface area contributed by atoms with E-state index < -0.39 is 41.5 Å². The van der Waals surface area contributed by atoms with Crippen LogP contribution in [0.1, 0.15) is 20.8 Å². The van der Waals surface area contributed by atoms with Crippen molar-refractivity contribution in [2.45, 2.75) is 39.1 Å². The van der Waals surface area contributed by atoms with Crippen molar-refractivity contribution < 1.29 is 27.4 Å². The minimum absolute atomic E-state index is 0.155. The van der Waals surface area contributed by atoms with Gasteiger partial charge in [0.15, 0.2) is 17.4 Å². The number of halogens is 4. The molecule has 1 rings (SSSR count). The molecule has 0 aliphatic heterocycles. The van der Waals surface area contributed by atoms with E-state index in [0.29, 0.717) is 0 Å². The van der Waals surface area contributed by atoms with Gasteiger partial charge in [-0.1, -0.05) is 11.6 Å². The summed E-state index contributed by atoms with van der Waals surface area (Å²) in [5.41, 5.74) is -1.89. The first-order chi connectivity index (χ1) is 9.89. The van der Waals surface area contributed by atoms with Crippen molar-refractivity contribution in [2.75, 3.05) is 6.61 Å². The zero-order chi connectivity index (χ0) is 17.1. The number of rotatable bonds is 4. The highest BCUT2D eigenvalue weighted by Gasteiger charge is 2.30. The van der Waals surface area contributed by atoms with Crippen LogP contribution in [0.3, 0.4) is 0 Å². The van der Waals surface area contributed by atoms with E-state index in [0.717, 1.165) is 6.20 Å². The van der Waals surface area contributed by atoms with E-state index in [-0.39, 0.29) is 10.4 Å². The van der Waals surface area contributed by atoms with Crippen molar-refractivity contribution in [3.05, 3.63) is 21.6 Å². The second kappa shape index (κ2) is 6.55. The molecule has 0 fully saturated rings. The van der Waals surface area contributed by atoms with Gasteiger partial charge in [-0.15, -0.1) is 0 Å². The number of aromatic nitrogens is 2. The second-order valence-corrected chi connectivity index (χ2v) is 5.65. The molecule has 22 heavy (non-hydrogen) atoms. The van der Waals surface area contributed by atoms with Crippen LogP contribution in [0.4, 0.5) is 13.2 Å². The lowest BCUT2D eigenvalue weighted by Crippen LogP contribution is -2.31. The maximum Gasteiger partial charge on any atom is 0.408 e. The van der Waals surface area contributed by atoms with E-state index in [4.69, 9.17) is 21.1 Å². The molecule has 1 aromatic heterocycles. The van der Waals surface area contributed by atoms with Crippen LogP contribution in [-0.2, 0) is 16.1 Å². The van der Waals surface area contributed by atoms with Crippen LogP contribution >= 0.6 is 11.6 Å². The third kappa shape index (κ3) is 5.92. The van der Waals surface area contributed by atoms with Crippen molar-refractivity contribution in [3.63, 3.8) is 0 Å². The molecule has 6 nitrogen and oxygen atoms in total. The zero-order valence-corrected chi connectivity index (χ0v) is 12.8. The lowest BCUT2D eigenvalue weighted by Gasteiger charge is -2.19. The summed E-state index contributed by atoms with van der Waals surface area (Å²) < 4.78 is 46.8. The van der Waals surface area contributed by atoms with E-state index >= 15 is 0 Å². The Labute approximate surface area is 128 Å². The molecular formula is C12H14ClF3N2O4. The topological polar surface area (TPSA) is 70.4 Å². The Kier molecular flexibility index (Phi) is 5.44. The summed E-state index contributed by atoms with van der Waals surface area (Å²) in [6, 6.07) is 0. The molecule has 0 saturated carbocycles. The van der Waals surface area contributed by atoms with Crippen LogP contribution in [0.15, 0.2) is 11.0 Å². The zero-order valence-electron chi connectivity index (χ0n) is 12.0. The number of hydrogen-bond donors (Lipinski definition) is 0. The number of carbonyl (C=O) groups excluding carboxylic acids is 1. The summed E-state index contributed by atoms with van der Waals surface area (Å²) in [7, 11) is 0. The Morgan fingerprint density at radius 3 is 2.45 bits per heavy atom. The fourth-order valence-corrected chi connectivity index (χ4v) is 1.54. The Morgan fingerprint density at radius 1 is 1.36 bits per heavy atom. The van der Waals surface area contributed by atoms with Crippen LogP contribution in [0.5, 0.6) is 5.75 Å². The molecule has 0 atom stereocenters. The summed E-state index contributed by atoms with van der Waals surface area (Å²) in [5.74, 6) is -1.01. The molecule has 1 aromatic rings. The third-order valence-corrected chi connectivity index (χ3v) is 2.40. The normalized spacial score (nSPS) is 12.1. The monoisotopic (exact) mass is 342 g/mol. The van der Waals surface area contributed by atoms with Crippen molar-refractivity contribution in [1.82, 2.24) is 9.78 Å². The highest BCUT2D eigenvalue weighted by Crippen LogP contribution is 2.21. The van der Waals surface area contributed by atoms with Gasteiger partial charge >= 0.3 is 12.1 Å². The van der Waals surface area contributed by atoms with Gasteiger partial charge in [-0.2, -0.15) is 18.3 Å². The second-order valence-electron chi connectivity index (χ2n) is 5.28. The first kappa shape index (κ1) is 18.3. The summed E-state index contributed by atoms with van der Waals surface area (Å²) in [6.07, 6.45) is -3.78. The minimum Gasteiger partial charge on any atom is -0.478 e. The van der Waals surface area contributed by atoms with Crippen LogP contribution < -0.4 is 10.3 Å². The van der Waals surface area contributed by atoms with Crippen LogP contribution in [0, 0.1) is 0 Å². The Bertz CT molecular complexity index is 608. The first-order valence-corrected chi connectivity index (χ1v) is 6.44. The molecule has 0 aliphatic rings. The molecular weight excluding hydrogens is 329 g/mol. The van der Waals surface area contributed by atoms with Gasteiger partial charge in [-0.3, -0.25) is 4.79 Å². The molecule has 0 amide bonds. The highest BCUT2D eigenvalue weighted by molar-refractivity contribution is 6.31. The number of carbonyl (C=O) groups is 1. The summed E-state index contributed by atoms with van der Waals surface area (Å²) in [5, 5.41) is 2.70. The van der Waals surface area contributed by atoms with Gasteiger partial charge < -0.3 is 9.47 Å². The molecule has 0 N–H and O–H groups in total. The molecule has 0 aliphatic carbocycles. The van der Waals surface area contributed by atoms with Gasteiger partial charge in [0.2, 0.25) is 0 Å². The molecule has 0 saturated heterocycles. The predicted octanol–water partition coefficient (Wildman–Crippen LogP) is 2.18. The van der Waals surface area contributed by atoms with Crippen molar-refractivity contribution in [2.24, 2.45) is 0 Å². The smallest absolute Gasteiger partial charge is 0.408 e. The molecule has 1 heterocycles. The lowest BCUT2D eigenvalue weighted by atomic mass is 10.2. The fraction of sp³-hybridized carbons (Fsp3) is 0.583. The largest absolute Gasteiger partial charge is 0.478 e. The maximum atomic E-state index is 12.2. The average molecular weight is 343 g/mol. The quantitative estimate of drug-likeness (QED) is 0.784. The van der Waals surface area contributed by atoms with Gasteiger partial charge in [-0.25, -0.2) is 9.48 Å². The van der Waals surface area contributed by atoms with Crippen LogP contribution in [0.25, 0.3) is 0 Å². The fourth-order valence-electron chi connectivity index (χ4n) is 1.34. The van der Waals surface area contributed by atoms with E-state index in [2.05, 4.69) is 5.10 Å². The summed E-state index contributed by atoms with van der Waals surface area (Å²) in [6.45, 7) is 2.83. The minimum atomic E-state index is -4.61.